The van der Waals surface area contributed by atoms with Crippen LogP contribution in [0.15, 0.2) is 0 Å². The Bertz CT molecular complexity index is 153. The van der Waals surface area contributed by atoms with Crippen LogP contribution >= 0.6 is 11.8 Å². The second-order valence-corrected chi connectivity index (χ2v) is 4.37. The SMILES string of the molecule is CCC[C@H](N)C(=O)NCCCCSC. The van der Waals surface area contributed by atoms with Crippen molar-refractivity contribution >= 4 is 17.7 Å². The highest BCUT2D eigenvalue weighted by Crippen LogP contribution is 1.98. The number of hydrogen-bond donors (Lipinski definition) is 2. The summed E-state index contributed by atoms with van der Waals surface area (Å²) in [5.41, 5.74) is 5.65. The van der Waals surface area contributed by atoms with E-state index in [4.69, 9.17) is 5.73 Å². The Labute approximate surface area is 91.2 Å². The van der Waals surface area contributed by atoms with Gasteiger partial charge in [-0.1, -0.05) is 13.3 Å². The number of nitrogens with one attached hydrogen (secondary N) is 1. The van der Waals surface area contributed by atoms with E-state index in [9.17, 15) is 4.79 Å². The fraction of sp³-hybridized carbons (Fsp3) is 0.900. The van der Waals surface area contributed by atoms with Gasteiger partial charge in [0.05, 0.1) is 6.04 Å². The van der Waals surface area contributed by atoms with Gasteiger partial charge in [-0.2, -0.15) is 11.8 Å². The highest BCUT2D eigenvalue weighted by Gasteiger charge is 2.10. The van der Waals surface area contributed by atoms with Crippen molar-refractivity contribution in [3.05, 3.63) is 0 Å². The van der Waals surface area contributed by atoms with Crippen LogP contribution in [0.5, 0.6) is 0 Å². The summed E-state index contributed by atoms with van der Waals surface area (Å²) >= 11 is 1.84. The van der Waals surface area contributed by atoms with Gasteiger partial charge in [0.25, 0.3) is 0 Å². The van der Waals surface area contributed by atoms with Crippen molar-refractivity contribution in [3.63, 3.8) is 0 Å². The molecule has 3 nitrogen and oxygen atoms in total. The summed E-state index contributed by atoms with van der Waals surface area (Å²) in [7, 11) is 0. The summed E-state index contributed by atoms with van der Waals surface area (Å²) in [4.78, 5) is 11.3. The molecule has 14 heavy (non-hydrogen) atoms. The first-order valence-corrected chi connectivity index (χ1v) is 6.64. The van der Waals surface area contributed by atoms with Crippen LogP contribution in [0.1, 0.15) is 32.6 Å². The fourth-order valence-electron chi connectivity index (χ4n) is 1.16. The molecule has 1 atom stereocenters. The van der Waals surface area contributed by atoms with Crippen LogP contribution in [-0.2, 0) is 4.79 Å². The Morgan fingerprint density at radius 2 is 2.21 bits per heavy atom. The monoisotopic (exact) mass is 218 g/mol. The van der Waals surface area contributed by atoms with Gasteiger partial charge in [0.2, 0.25) is 5.91 Å². The molecule has 0 aromatic heterocycles. The minimum atomic E-state index is -0.319. The third-order valence-electron chi connectivity index (χ3n) is 2.01. The zero-order valence-corrected chi connectivity index (χ0v) is 10.0. The van der Waals surface area contributed by atoms with Crippen molar-refractivity contribution in [2.75, 3.05) is 18.6 Å². The number of unbranched alkanes of at least 4 members (excludes halogenated alkanes) is 1. The van der Waals surface area contributed by atoms with E-state index in [2.05, 4.69) is 11.6 Å². The Morgan fingerprint density at radius 1 is 1.50 bits per heavy atom. The molecule has 4 heteroatoms. The van der Waals surface area contributed by atoms with E-state index >= 15 is 0 Å². The minimum Gasteiger partial charge on any atom is -0.355 e. The number of rotatable bonds is 8. The van der Waals surface area contributed by atoms with E-state index in [-0.39, 0.29) is 11.9 Å². The molecule has 0 fully saturated rings. The maximum absolute atomic E-state index is 11.3. The number of carbonyl (C=O) groups is 1. The third-order valence-corrected chi connectivity index (χ3v) is 2.71. The molecule has 0 rings (SSSR count). The molecule has 0 spiro atoms. The smallest absolute Gasteiger partial charge is 0.236 e. The molecule has 0 aliphatic rings. The lowest BCUT2D eigenvalue weighted by molar-refractivity contribution is -0.122. The Balaban J connectivity index is 3.34. The average Bonchev–Trinajstić information content (AvgIpc) is 2.17. The molecule has 0 bridgehead atoms. The van der Waals surface area contributed by atoms with E-state index in [0.29, 0.717) is 0 Å². The van der Waals surface area contributed by atoms with Crippen LogP contribution < -0.4 is 11.1 Å². The molecule has 0 saturated carbocycles. The molecule has 0 unspecified atom stereocenters. The first-order chi connectivity index (χ1) is 6.72. The van der Waals surface area contributed by atoms with Gasteiger partial charge in [-0.3, -0.25) is 4.79 Å². The Hall–Kier alpha value is -0.220. The fourth-order valence-corrected chi connectivity index (χ4v) is 1.65. The van der Waals surface area contributed by atoms with Gasteiger partial charge in [-0.05, 0) is 31.3 Å². The predicted octanol–water partition coefficient (Wildman–Crippen LogP) is 1.37. The molecule has 0 aromatic rings. The summed E-state index contributed by atoms with van der Waals surface area (Å²) in [5, 5.41) is 2.85. The normalized spacial score (nSPS) is 12.5. The molecule has 0 aliphatic heterocycles. The summed E-state index contributed by atoms with van der Waals surface area (Å²) in [6.07, 6.45) is 6.03. The van der Waals surface area contributed by atoms with Crippen molar-refractivity contribution in [3.8, 4) is 0 Å². The summed E-state index contributed by atoms with van der Waals surface area (Å²) in [6.45, 7) is 2.79. The highest BCUT2D eigenvalue weighted by atomic mass is 32.2. The van der Waals surface area contributed by atoms with E-state index in [1.165, 1.54) is 0 Å². The third kappa shape index (κ3) is 7.21. The topological polar surface area (TPSA) is 55.1 Å². The Kier molecular flexibility index (Phi) is 9.19. The van der Waals surface area contributed by atoms with Crippen LogP contribution in [0.4, 0.5) is 0 Å². The minimum absolute atomic E-state index is 0.00370. The quantitative estimate of drug-likeness (QED) is 0.605. The van der Waals surface area contributed by atoms with Gasteiger partial charge in [0.1, 0.15) is 0 Å². The molecule has 0 aromatic carbocycles. The lowest BCUT2D eigenvalue weighted by Gasteiger charge is -2.10. The van der Waals surface area contributed by atoms with Crippen molar-refractivity contribution in [1.29, 1.82) is 0 Å². The molecule has 0 saturated heterocycles. The van der Waals surface area contributed by atoms with E-state index < -0.39 is 0 Å². The van der Waals surface area contributed by atoms with Crippen molar-refractivity contribution in [2.24, 2.45) is 5.73 Å². The van der Waals surface area contributed by atoms with Crippen LogP contribution in [0, 0.1) is 0 Å². The van der Waals surface area contributed by atoms with Crippen molar-refractivity contribution < 1.29 is 4.79 Å². The van der Waals surface area contributed by atoms with Gasteiger partial charge in [-0.25, -0.2) is 0 Å². The second-order valence-electron chi connectivity index (χ2n) is 3.39. The molecular weight excluding hydrogens is 196 g/mol. The molecule has 3 N–H and O–H groups in total. The van der Waals surface area contributed by atoms with Gasteiger partial charge in [0, 0.05) is 6.54 Å². The van der Waals surface area contributed by atoms with Gasteiger partial charge >= 0.3 is 0 Å². The molecule has 0 radical (unpaired) electrons. The number of nitrogens with two attached hydrogens (primary N) is 1. The number of carbonyl (C=O) groups excluding carboxylic acids is 1. The maximum Gasteiger partial charge on any atom is 0.236 e. The largest absolute Gasteiger partial charge is 0.355 e. The Morgan fingerprint density at radius 3 is 2.79 bits per heavy atom. The summed E-state index contributed by atoms with van der Waals surface area (Å²) in [6, 6.07) is -0.319. The van der Waals surface area contributed by atoms with E-state index in [1.54, 1.807) is 0 Å². The molecule has 0 heterocycles. The predicted molar refractivity (Wildman–Crippen MR) is 63.5 cm³/mol. The van der Waals surface area contributed by atoms with Crippen LogP contribution in [0.25, 0.3) is 0 Å². The lowest BCUT2D eigenvalue weighted by atomic mass is 10.1. The standard InChI is InChI=1S/C10H22N2OS/c1-3-6-9(11)10(13)12-7-4-5-8-14-2/h9H,3-8,11H2,1-2H3,(H,12,13)/t9-/m0/s1. The van der Waals surface area contributed by atoms with E-state index in [0.717, 1.165) is 38.0 Å². The van der Waals surface area contributed by atoms with Gasteiger partial charge in [-0.15, -0.1) is 0 Å². The number of amides is 1. The molecular formula is C10H22N2OS. The zero-order chi connectivity index (χ0) is 10.8. The van der Waals surface area contributed by atoms with Crippen molar-refractivity contribution in [2.45, 2.75) is 38.6 Å². The van der Waals surface area contributed by atoms with Gasteiger partial charge < -0.3 is 11.1 Å². The summed E-state index contributed by atoms with van der Waals surface area (Å²) < 4.78 is 0. The maximum atomic E-state index is 11.3. The number of thioether (sulfide) groups is 1. The van der Waals surface area contributed by atoms with Crippen LogP contribution in [0.2, 0.25) is 0 Å². The summed E-state index contributed by atoms with van der Waals surface area (Å²) in [5.74, 6) is 1.16. The average molecular weight is 218 g/mol. The molecule has 1 amide bonds. The van der Waals surface area contributed by atoms with Crippen molar-refractivity contribution in [1.82, 2.24) is 5.32 Å². The lowest BCUT2D eigenvalue weighted by Crippen LogP contribution is -2.40. The van der Waals surface area contributed by atoms with E-state index in [1.807, 2.05) is 18.7 Å². The van der Waals surface area contributed by atoms with Crippen LogP contribution in [-0.4, -0.2) is 30.5 Å². The highest BCUT2D eigenvalue weighted by molar-refractivity contribution is 7.98. The molecule has 0 aliphatic carbocycles. The zero-order valence-electron chi connectivity index (χ0n) is 9.21. The first kappa shape index (κ1) is 13.8. The van der Waals surface area contributed by atoms with Gasteiger partial charge in [0.15, 0.2) is 0 Å². The molecule has 84 valence electrons. The first-order valence-electron chi connectivity index (χ1n) is 5.24. The number of hydrogen-bond acceptors (Lipinski definition) is 3. The van der Waals surface area contributed by atoms with Crippen LogP contribution in [0.3, 0.4) is 0 Å². The second kappa shape index (κ2) is 9.34.